The number of halogens is 2. The van der Waals surface area contributed by atoms with E-state index in [-0.39, 0.29) is 18.6 Å². The number of aliphatic hydroxyl groups excluding tert-OH is 2. The van der Waals surface area contributed by atoms with E-state index in [0.29, 0.717) is 58.3 Å². The van der Waals surface area contributed by atoms with Crippen molar-refractivity contribution in [3.8, 4) is 11.3 Å². The topological polar surface area (TPSA) is 133 Å². The summed E-state index contributed by atoms with van der Waals surface area (Å²) < 4.78 is 5.42. The maximum Gasteiger partial charge on any atom is 0.254 e. The summed E-state index contributed by atoms with van der Waals surface area (Å²) in [5, 5.41) is 27.9. The first-order chi connectivity index (χ1) is 18.8. The van der Waals surface area contributed by atoms with Crippen molar-refractivity contribution in [2.45, 2.75) is 50.7 Å². The standard InChI is InChI=1S/C27H30Cl2N6O4/c1-15(25(37)33-23(14-36)22-5-4-18(28)11-30-22)35-13-17-3-2-16(10-20(17)26(35)38)24-21(29)12-31-27(34-24)32-19-6-8-39-9-7-19/h2-5,10-12,15,19,23,25,33,36-37H,6-9,13-14H2,1H3,(H,31,32,34)/t15-,23-,25?/m1/s1. The lowest BCUT2D eigenvalue weighted by Gasteiger charge is -2.31. The number of rotatable bonds is 9. The van der Waals surface area contributed by atoms with Gasteiger partial charge in [-0.2, -0.15) is 0 Å². The second kappa shape index (κ2) is 12.1. The minimum Gasteiger partial charge on any atom is -0.394 e. The summed E-state index contributed by atoms with van der Waals surface area (Å²) in [6, 6.07) is 7.89. The van der Waals surface area contributed by atoms with Gasteiger partial charge in [-0.25, -0.2) is 9.97 Å². The van der Waals surface area contributed by atoms with Crippen LogP contribution in [0.4, 0.5) is 5.95 Å². The second-order valence-electron chi connectivity index (χ2n) is 9.71. The Morgan fingerprint density at radius 3 is 2.67 bits per heavy atom. The van der Waals surface area contributed by atoms with Gasteiger partial charge in [0.15, 0.2) is 0 Å². The quantitative estimate of drug-likeness (QED) is 0.284. The number of aliphatic hydroxyl groups is 2. The molecule has 0 spiro atoms. The highest BCUT2D eigenvalue weighted by molar-refractivity contribution is 6.33. The number of anilines is 1. The molecule has 2 aliphatic rings. The van der Waals surface area contributed by atoms with Crippen LogP contribution < -0.4 is 10.6 Å². The number of ether oxygens (including phenoxy) is 1. The third kappa shape index (κ3) is 6.16. The molecule has 2 aromatic heterocycles. The smallest absolute Gasteiger partial charge is 0.254 e. The zero-order valence-corrected chi connectivity index (χ0v) is 22.9. The number of fused-ring (bicyclic) bond motifs is 1. The van der Waals surface area contributed by atoms with Gasteiger partial charge in [0, 0.05) is 43.1 Å². The van der Waals surface area contributed by atoms with Gasteiger partial charge in [0.05, 0.1) is 46.3 Å². The fourth-order valence-corrected chi connectivity index (χ4v) is 5.12. The van der Waals surface area contributed by atoms with Gasteiger partial charge in [-0.1, -0.05) is 35.3 Å². The van der Waals surface area contributed by atoms with Gasteiger partial charge < -0.3 is 25.2 Å². The van der Waals surface area contributed by atoms with E-state index in [9.17, 15) is 15.0 Å². The van der Waals surface area contributed by atoms with Crippen molar-refractivity contribution >= 4 is 35.1 Å². The molecular formula is C27H30Cl2N6O4. The van der Waals surface area contributed by atoms with Crippen molar-refractivity contribution in [3.63, 3.8) is 0 Å². The molecule has 1 saturated heterocycles. The Kier molecular flexibility index (Phi) is 8.61. The van der Waals surface area contributed by atoms with Crippen molar-refractivity contribution in [1.82, 2.24) is 25.2 Å². The number of pyridine rings is 1. The molecule has 1 unspecified atom stereocenters. The van der Waals surface area contributed by atoms with E-state index in [1.165, 1.54) is 6.20 Å². The van der Waals surface area contributed by atoms with Crippen LogP contribution in [-0.2, 0) is 11.3 Å². The zero-order chi connectivity index (χ0) is 27.5. The maximum absolute atomic E-state index is 13.4. The van der Waals surface area contributed by atoms with Gasteiger partial charge in [0.1, 0.15) is 6.23 Å². The molecule has 3 aromatic rings. The SMILES string of the molecule is C[C@H](C(O)N[C@H](CO)c1ccc(Cl)cn1)N1Cc2ccc(-c3nc(NC4CCOCC4)ncc3Cl)cc2C1=O. The molecule has 1 fully saturated rings. The first-order valence-electron chi connectivity index (χ1n) is 12.8. The Balaban J connectivity index is 1.30. The average Bonchev–Trinajstić information content (AvgIpc) is 3.28. The van der Waals surface area contributed by atoms with Crippen LogP contribution in [0.3, 0.4) is 0 Å². The van der Waals surface area contributed by atoms with Crippen LogP contribution in [0, 0.1) is 0 Å². The third-order valence-corrected chi connectivity index (χ3v) is 7.62. The largest absolute Gasteiger partial charge is 0.394 e. The highest BCUT2D eigenvalue weighted by Gasteiger charge is 2.35. The van der Waals surface area contributed by atoms with Gasteiger partial charge >= 0.3 is 0 Å². The summed E-state index contributed by atoms with van der Waals surface area (Å²) in [5.74, 6) is 0.266. The lowest BCUT2D eigenvalue weighted by atomic mass is 10.0. The minimum absolute atomic E-state index is 0.212. The molecule has 5 rings (SSSR count). The monoisotopic (exact) mass is 572 g/mol. The lowest BCUT2D eigenvalue weighted by Crippen LogP contribution is -2.50. The van der Waals surface area contributed by atoms with Gasteiger partial charge in [0.25, 0.3) is 5.91 Å². The van der Waals surface area contributed by atoms with Crippen molar-refractivity contribution in [3.05, 3.63) is 69.6 Å². The molecule has 0 radical (unpaired) electrons. The highest BCUT2D eigenvalue weighted by Crippen LogP contribution is 2.33. The number of nitrogens with one attached hydrogen (secondary N) is 2. The normalized spacial score (nSPS) is 18.1. The van der Waals surface area contributed by atoms with E-state index in [2.05, 4.69) is 25.6 Å². The predicted molar refractivity (Wildman–Crippen MR) is 147 cm³/mol. The molecule has 39 heavy (non-hydrogen) atoms. The predicted octanol–water partition coefficient (Wildman–Crippen LogP) is 3.42. The molecule has 10 nitrogen and oxygen atoms in total. The summed E-state index contributed by atoms with van der Waals surface area (Å²) in [4.78, 5) is 28.2. The molecular weight excluding hydrogens is 543 g/mol. The van der Waals surface area contributed by atoms with Gasteiger partial charge in [0.2, 0.25) is 5.95 Å². The highest BCUT2D eigenvalue weighted by atomic mass is 35.5. The number of carbonyl (C=O) groups excluding carboxylic acids is 1. The van der Waals surface area contributed by atoms with E-state index < -0.39 is 18.3 Å². The molecule has 4 N–H and O–H groups in total. The van der Waals surface area contributed by atoms with Crippen LogP contribution in [0.1, 0.15) is 47.4 Å². The van der Waals surface area contributed by atoms with Crippen LogP contribution in [0.25, 0.3) is 11.3 Å². The fraction of sp³-hybridized carbons (Fsp3) is 0.407. The summed E-state index contributed by atoms with van der Waals surface area (Å²) in [6.45, 7) is 3.19. The molecule has 4 heterocycles. The van der Waals surface area contributed by atoms with Crippen molar-refractivity contribution in [2.24, 2.45) is 0 Å². The molecule has 0 bridgehead atoms. The first kappa shape index (κ1) is 27.7. The van der Waals surface area contributed by atoms with E-state index in [4.69, 9.17) is 27.9 Å². The Morgan fingerprint density at radius 1 is 1.15 bits per heavy atom. The van der Waals surface area contributed by atoms with Gasteiger partial charge in [-0.15, -0.1) is 0 Å². The number of carbonyl (C=O) groups is 1. The summed E-state index contributed by atoms with van der Waals surface area (Å²) in [5.41, 5.74) is 3.13. The number of aromatic nitrogens is 3. The van der Waals surface area contributed by atoms with Crippen LogP contribution in [0.2, 0.25) is 10.0 Å². The van der Waals surface area contributed by atoms with Crippen molar-refractivity contribution in [2.75, 3.05) is 25.1 Å². The molecule has 1 amide bonds. The molecule has 0 saturated carbocycles. The molecule has 0 aliphatic carbocycles. The van der Waals surface area contributed by atoms with Crippen molar-refractivity contribution in [1.29, 1.82) is 0 Å². The Morgan fingerprint density at radius 2 is 1.95 bits per heavy atom. The zero-order valence-electron chi connectivity index (χ0n) is 21.3. The number of benzene rings is 1. The number of hydrogen-bond donors (Lipinski definition) is 4. The summed E-state index contributed by atoms with van der Waals surface area (Å²) in [6.07, 6.45) is 3.66. The van der Waals surface area contributed by atoms with Crippen molar-refractivity contribution < 1.29 is 19.7 Å². The Hall–Kier alpha value is -2.86. The van der Waals surface area contributed by atoms with Gasteiger partial charge in [-0.3, -0.25) is 15.1 Å². The minimum atomic E-state index is -1.12. The van der Waals surface area contributed by atoms with Crippen LogP contribution in [0.5, 0.6) is 0 Å². The second-order valence-corrected chi connectivity index (χ2v) is 10.6. The Bertz CT molecular complexity index is 1320. The van der Waals surface area contributed by atoms with Crippen LogP contribution in [-0.4, -0.2) is 74.1 Å². The molecule has 12 heteroatoms. The van der Waals surface area contributed by atoms with E-state index in [1.54, 1.807) is 36.2 Å². The number of hydrogen-bond acceptors (Lipinski definition) is 9. The maximum atomic E-state index is 13.4. The molecule has 2 aliphatic heterocycles. The van der Waals surface area contributed by atoms with Crippen LogP contribution in [0.15, 0.2) is 42.7 Å². The number of nitrogens with zero attached hydrogens (tertiary/aromatic N) is 4. The van der Waals surface area contributed by atoms with Gasteiger partial charge in [-0.05, 0) is 43.5 Å². The summed E-state index contributed by atoms with van der Waals surface area (Å²) >= 11 is 12.4. The molecule has 1 aromatic carbocycles. The Labute approximate surface area is 236 Å². The molecule has 206 valence electrons. The first-order valence-corrected chi connectivity index (χ1v) is 13.6. The van der Waals surface area contributed by atoms with E-state index in [0.717, 1.165) is 18.4 Å². The van der Waals surface area contributed by atoms with E-state index >= 15 is 0 Å². The number of amides is 1. The fourth-order valence-electron chi connectivity index (χ4n) is 4.80. The van der Waals surface area contributed by atoms with E-state index in [1.807, 2.05) is 12.1 Å². The summed E-state index contributed by atoms with van der Waals surface area (Å²) in [7, 11) is 0. The third-order valence-electron chi connectivity index (χ3n) is 7.12. The lowest BCUT2D eigenvalue weighted by molar-refractivity contribution is 0.0193. The molecule has 3 atom stereocenters. The van der Waals surface area contributed by atoms with Crippen LogP contribution >= 0.6 is 23.2 Å². The average molecular weight is 573 g/mol.